The van der Waals surface area contributed by atoms with Gasteiger partial charge in [0.2, 0.25) is 5.95 Å². The van der Waals surface area contributed by atoms with Crippen molar-refractivity contribution in [1.29, 1.82) is 0 Å². The molecule has 34 heavy (non-hydrogen) atoms. The van der Waals surface area contributed by atoms with E-state index in [2.05, 4.69) is 54.1 Å². The number of piperidine rings is 1. The van der Waals surface area contributed by atoms with Gasteiger partial charge in [0.15, 0.2) is 0 Å². The first-order chi connectivity index (χ1) is 16.7. The molecule has 5 rings (SSSR count). The van der Waals surface area contributed by atoms with Gasteiger partial charge in [-0.2, -0.15) is 0 Å². The fraction of sp³-hybridized carbons (Fsp3) is 0.292. The number of nitrogens with zero attached hydrogens (tertiary/aromatic N) is 4. The van der Waals surface area contributed by atoms with Crippen molar-refractivity contribution in [2.24, 2.45) is 5.92 Å². The minimum absolute atomic E-state index is 0.355. The molecule has 0 aromatic carbocycles. The first-order valence-electron chi connectivity index (χ1n) is 11.2. The van der Waals surface area contributed by atoms with Crippen LogP contribution in [0, 0.1) is 5.92 Å². The maximum absolute atomic E-state index is 11.8. The highest BCUT2D eigenvalue weighted by atomic mass is 32.2. The molecule has 0 radical (unpaired) electrons. The lowest BCUT2D eigenvalue weighted by atomic mass is 9.97. The van der Waals surface area contributed by atoms with Gasteiger partial charge in [-0.15, -0.1) is 11.3 Å². The van der Waals surface area contributed by atoms with Crippen LogP contribution < -0.4 is 15.5 Å². The number of thiophene rings is 1. The maximum Gasteiger partial charge on any atom is 0.290 e. The molecule has 8 nitrogen and oxygen atoms in total. The van der Waals surface area contributed by atoms with Crippen molar-refractivity contribution in [1.82, 2.24) is 25.6 Å². The molecule has 0 saturated carbocycles. The van der Waals surface area contributed by atoms with Gasteiger partial charge in [0.25, 0.3) is 11.1 Å². The number of carbonyl (C=O) groups excluding carboxylic acids is 2. The summed E-state index contributed by atoms with van der Waals surface area (Å²) >= 11 is 2.63. The fourth-order valence-electron chi connectivity index (χ4n) is 4.12. The van der Waals surface area contributed by atoms with Crippen LogP contribution in [0.5, 0.6) is 0 Å². The summed E-state index contributed by atoms with van der Waals surface area (Å²) in [7, 11) is 0. The van der Waals surface area contributed by atoms with Crippen LogP contribution in [0.1, 0.15) is 24.2 Å². The number of imide groups is 1. The minimum Gasteiger partial charge on any atom is -0.341 e. The van der Waals surface area contributed by atoms with Crippen LogP contribution in [0.2, 0.25) is 0 Å². The molecular weight excluding hydrogens is 468 g/mol. The number of carbonyl (C=O) groups is 2. The Morgan fingerprint density at radius 3 is 2.76 bits per heavy atom. The lowest BCUT2D eigenvalue weighted by Crippen LogP contribution is -2.38. The van der Waals surface area contributed by atoms with Gasteiger partial charge in [0, 0.05) is 42.5 Å². The largest absolute Gasteiger partial charge is 0.341 e. The molecule has 3 aromatic rings. The lowest BCUT2D eigenvalue weighted by molar-refractivity contribution is -0.115. The third-order valence-electron chi connectivity index (χ3n) is 5.89. The Morgan fingerprint density at radius 2 is 2.00 bits per heavy atom. The van der Waals surface area contributed by atoms with Crippen LogP contribution >= 0.6 is 23.1 Å². The first-order valence-corrected chi connectivity index (χ1v) is 12.9. The Kier molecular flexibility index (Phi) is 6.98. The van der Waals surface area contributed by atoms with Crippen molar-refractivity contribution in [2.75, 3.05) is 24.5 Å². The van der Waals surface area contributed by atoms with E-state index in [4.69, 9.17) is 0 Å². The van der Waals surface area contributed by atoms with Crippen molar-refractivity contribution in [2.45, 2.75) is 19.4 Å². The fourth-order valence-corrected chi connectivity index (χ4v) is 5.56. The summed E-state index contributed by atoms with van der Waals surface area (Å²) in [5.41, 5.74) is 2.90. The molecule has 5 heterocycles. The zero-order chi connectivity index (χ0) is 23.3. The first kappa shape index (κ1) is 22.7. The number of amides is 2. The predicted molar refractivity (Wildman–Crippen MR) is 135 cm³/mol. The molecule has 2 amide bonds. The van der Waals surface area contributed by atoms with Crippen molar-refractivity contribution >= 4 is 46.3 Å². The molecule has 2 N–H and O–H groups in total. The van der Waals surface area contributed by atoms with Gasteiger partial charge >= 0.3 is 0 Å². The molecule has 174 valence electrons. The second kappa shape index (κ2) is 10.5. The monoisotopic (exact) mass is 492 g/mol. The van der Waals surface area contributed by atoms with E-state index in [9.17, 15) is 9.59 Å². The molecule has 0 aliphatic carbocycles. The van der Waals surface area contributed by atoms with Crippen LogP contribution in [0.4, 0.5) is 10.7 Å². The van der Waals surface area contributed by atoms with Crippen LogP contribution in [-0.2, 0) is 11.3 Å². The molecule has 3 aromatic heterocycles. The van der Waals surface area contributed by atoms with Gasteiger partial charge in [0.1, 0.15) is 0 Å². The van der Waals surface area contributed by atoms with E-state index in [-0.39, 0.29) is 11.1 Å². The molecule has 2 aliphatic heterocycles. The number of hydrogen-bond acceptors (Lipinski definition) is 9. The van der Waals surface area contributed by atoms with E-state index in [0.29, 0.717) is 22.5 Å². The number of anilines is 1. The summed E-state index contributed by atoms with van der Waals surface area (Å²) in [6, 6.07) is 10.1. The smallest absolute Gasteiger partial charge is 0.290 e. The van der Waals surface area contributed by atoms with E-state index in [1.807, 2.05) is 12.3 Å². The summed E-state index contributed by atoms with van der Waals surface area (Å²) in [5, 5.41) is 7.60. The van der Waals surface area contributed by atoms with Crippen LogP contribution in [0.3, 0.4) is 0 Å². The van der Waals surface area contributed by atoms with Gasteiger partial charge < -0.3 is 10.2 Å². The molecule has 10 heteroatoms. The SMILES string of the molecule is O=C1NC(=O)/C(=C/c2ccnc(N3CCC(CNCc4ncccc4-c4cccs4)CC3)n2)S1. The number of thioether (sulfide) groups is 1. The second-order valence-corrected chi connectivity index (χ2v) is 10.1. The van der Waals surface area contributed by atoms with Crippen LogP contribution in [0.25, 0.3) is 16.5 Å². The lowest BCUT2D eigenvalue weighted by Gasteiger charge is -2.32. The molecule has 2 aliphatic rings. The van der Waals surface area contributed by atoms with Gasteiger partial charge in [0.05, 0.1) is 16.3 Å². The number of nitrogens with one attached hydrogen (secondary N) is 2. The van der Waals surface area contributed by atoms with Crippen LogP contribution in [-0.4, -0.2) is 45.7 Å². The number of rotatable bonds is 7. The molecule has 2 fully saturated rings. The number of aromatic nitrogens is 3. The van der Waals surface area contributed by atoms with E-state index in [1.54, 1.807) is 29.7 Å². The summed E-state index contributed by atoms with van der Waals surface area (Å²) < 4.78 is 0. The summed E-state index contributed by atoms with van der Waals surface area (Å²) in [6.45, 7) is 3.46. The molecule has 0 spiro atoms. The third-order valence-corrected chi connectivity index (χ3v) is 7.60. The van der Waals surface area contributed by atoms with E-state index < -0.39 is 0 Å². The molecule has 2 saturated heterocycles. The van der Waals surface area contributed by atoms with Crippen molar-refractivity contribution in [3.8, 4) is 10.4 Å². The standard InChI is InChI=1S/C24H24N6O2S2/c31-22-21(34-24(32)29-22)13-17-5-9-27-23(28-17)30-10-6-16(7-11-30)14-25-15-19-18(3-1-8-26-19)20-4-2-12-33-20/h1-5,8-9,12-13,16,25H,6-7,10-11,14-15H2,(H,29,31,32)/b21-13-. The normalized spacial score (nSPS) is 18.0. The second-order valence-electron chi connectivity index (χ2n) is 8.17. The predicted octanol–water partition coefficient (Wildman–Crippen LogP) is 3.93. The maximum atomic E-state index is 11.8. The van der Waals surface area contributed by atoms with Crippen molar-refractivity contribution < 1.29 is 9.59 Å². The van der Waals surface area contributed by atoms with Gasteiger partial charge in [-0.1, -0.05) is 12.1 Å². The van der Waals surface area contributed by atoms with Gasteiger partial charge in [-0.25, -0.2) is 9.97 Å². The Labute approximate surface area is 205 Å². The van der Waals surface area contributed by atoms with E-state index >= 15 is 0 Å². The average molecular weight is 493 g/mol. The van der Waals surface area contributed by atoms with Crippen molar-refractivity contribution in [3.63, 3.8) is 0 Å². The zero-order valence-electron chi connectivity index (χ0n) is 18.4. The third kappa shape index (κ3) is 5.35. The molecule has 0 bridgehead atoms. The quantitative estimate of drug-likeness (QED) is 0.479. The molecule has 0 unspecified atom stereocenters. The van der Waals surface area contributed by atoms with Gasteiger partial charge in [-0.3, -0.25) is 19.9 Å². The summed E-state index contributed by atoms with van der Waals surface area (Å²) in [6.07, 6.45) is 7.28. The highest BCUT2D eigenvalue weighted by Crippen LogP contribution is 2.28. The van der Waals surface area contributed by atoms with Gasteiger partial charge in [-0.05, 0) is 66.7 Å². The number of pyridine rings is 1. The molecular formula is C24H24N6O2S2. The van der Waals surface area contributed by atoms with E-state index in [0.717, 1.165) is 56.5 Å². The zero-order valence-corrected chi connectivity index (χ0v) is 20.1. The highest BCUT2D eigenvalue weighted by Gasteiger charge is 2.25. The highest BCUT2D eigenvalue weighted by molar-refractivity contribution is 8.18. The molecule has 0 atom stereocenters. The summed E-state index contributed by atoms with van der Waals surface area (Å²) in [5.74, 6) is 0.862. The Hall–Kier alpha value is -3.08. The Morgan fingerprint density at radius 1 is 1.12 bits per heavy atom. The topological polar surface area (TPSA) is 100 Å². The average Bonchev–Trinajstić information content (AvgIpc) is 3.50. The minimum atomic E-state index is -0.378. The Bertz CT molecular complexity index is 1210. The summed E-state index contributed by atoms with van der Waals surface area (Å²) in [4.78, 5) is 40.5. The van der Waals surface area contributed by atoms with Crippen molar-refractivity contribution in [3.05, 3.63) is 64.4 Å². The Balaban J connectivity index is 1.13. The number of hydrogen-bond donors (Lipinski definition) is 2. The van der Waals surface area contributed by atoms with E-state index in [1.165, 1.54) is 10.4 Å². The van der Waals surface area contributed by atoms with Crippen LogP contribution in [0.15, 0.2) is 53.0 Å².